The zero-order chi connectivity index (χ0) is 11.2. The van der Waals surface area contributed by atoms with Crippen LogP contribution in [-0.2, 0) is 18.4 Å². The summed E-state index contributed by atoms with van der Waals surface area (Å²) in [6.45, 7) is 4.99. The fourth-order valence-corrected chi connectivity index (χ4v) is 2.08. The molecular weight excluding hydrogens is 200 g/mol. The summed E-state index contributed by atoms with van der Waals surface area (Å²) in [6.07, 6.45) is 1.55. The van der Waals surface area contributed by atoms with E-state index in [1.165, 1.54) is 20.3 Å². The summed E-state index contributed by atoms with van der Waals surface area (Å²) in [7, 11) is 0.189. The van der Waals surface area contributed by atoms with Crippen molar-refractivity contribution in [1.29, 1.82) is 0 Å². The summed E-state index contributed by atoms with van der Waals surface area (Å²) in [6, 6.07) is 0. The maximum Gasteiger partial charge on any atom is 0.406 e. The number of carbonyl (C=O) groups excluding carboxylic acids is 2. The minimum atomic E-state index is -2.71. The first kappa shape index (κ1) is 13.2. The van der Waals surface area contributed by atoms with Gasteiger partial charge in [-0.3, -0.25) is 9.59 Å². The number of allylic oxidation sites excluding steroid dienone is 1. The van der Waals surface area contributed by atoms with E-state index in [0.717, 1.165) is 0 Å². The molecule has 0 saturated heterocycles. The topological polar surface area (TPSA) is 52.6 Å². The van der Waals surface area contributed by atoms with Crippen LogP contribution in [0.25, 0.3) is 0 Å². The number of carbonyl (C=O) groups is 2. The molecule has 0 bridgehead atoms. The predicted molar refractivity (Wildman–Crippen MR) is 55.1 cm³/mol. The zero-order valence-corrected chi connectivity index (χ0v) is 9.83. The van der Waals surface area contributed by atoms with Crippen LogP contribution < -0.4 is 0 Å². The van der Waals surface area contributed by atoms with Gasteiger partial charge in [0.05, 0.1) is 0 Å². The van der Waals surface area contributed by atoms with E-state index < -0.39 is 8.56 Å². The molecule has 0 aliphatic heterocycles. The first-order valence-corrected chi connectivity index (χ1v) is 6.60. The molecular formula is C9H16O4Si. The minimum Gasteiger partial charge on any atom is -0.393 e. The molecule has 0 spiro atoms. The molecule has 0 aliphatic carbocycles. The Morgan fingerprint density at radius 1 is 1.29 bits per heavy atom. The number of hydrogen-bond acceptors (Lipinski definition) is 4. The van der Waals surface area contributed by atoms with Gasteiger partial charge in [0, 0.05) is 27.1 Å². The Kier molecular flexibility index (Phi) is 5.52. The van der Waals surface area contributed by atoms with E-state index >= 15 is 0 Å². The Morgan fingerprint density at radius 3 is 2.14 bits per heavy atom. The molecule has 0 unspecified atom stereocenters. The van der Waals surface area contributed by atoms with Crippen LogP contribution in [0.15, 0.2) is 12.7 Å². The van der Waals surface area contributed by atoms with E-state index in [2.05, 4.69) is 6.58 Å². The van der Waals surface area contributed by atoms with Gasteiger partial charge in [-0.2, -0.15) is 0 Å². The molecule has 5 heteroatoms. The molecule has 0 rings (SSSR count). The molecule has 0 aliphatic rings. The summed E-state index contributed by atoms with van der Waals surface area (Å²) in [5.74, 6) is -0.137. The molecule has 0 radical (unpaired) electrons. The fraction of sp³-hybridized carbons (Fsp3) is 0.556. The van der Waals surface area contributed by atoms with Gasteiger partial charge in [-0.1, -0.05) is 6.58 Å². The summed E-state index contributed by atoms with van der Waals surface area (Å²) in [4.78, 5) is 22.5. The summed E-state index contributed by atoms with van der Waals surface area (Å²) in [5.41, 5.74) is 0. The van der Waals surface area contributed by atoms with Crippen molar-refractivity contribution >= 4 is 19.8 Å². The average molecular weight is 216 g/mol. The highest BCUT2D eigenvalue weighted by molar-refractivity contribution is 6.96. The molecule has 4 nitrogen and oxygen atoms in total. The molecule has 0 fully saturated rings. The van der Waals surface area contributed by atoms with Crippen molar-refractivity contribution < 1.29 is 18.4 Å². The van der Waals surface area contributed by atoms with E-state index in [4.69, 9.17) is 8.85 Å². The molecule has 0 heterocycles. The molecule has 0 aromatic rings. The van der Waals surface area contributed by atoms with Crippen LogP contribution in [0.1, 0.15) is 12.8 Å². The van der Waals surface area contributed by atoms with Gasteiger partial charge in [-0.05, 0) is 12.6 Å². The highest BCUT2D eigenvalue weighted by atomic mass is 28.4. The largest absolute Gasteiger partial charge is 0.406 e. The lowest BCUT2D eigenvalue weighted by Gasteiger charge is -2.20. The maximum absolute atomic E-state index is 11.6. The molecule has 0 amide bonds. The Balaban J connectivity index is 4.19. The van der Waals surface area contributed by atoms with Crippen LogP contribution in [0.5, 0.6) is 0 Å². The van der Waals surface area contributed by atoms with Crippen LogP contribution in [-0.4, -0.2) is 34.0 Å². The minimum absolute atomic E-state index is 0.113. The van der Waals surface area contributed by atoms with Crippen molar-refractivity contribution in [2.45, 2.75) is 19.4 Å². The van der Waals surface area contributed by atoms with Crippen molar-refractivity contribution in [2.75, 3.05) is 14.2 Å². The van der Waals surface area contributed by atoms with Gasteiger partial charge in [0.15, 0.2) is 11.2 Å². The third-order valence-electron chi connectivity index (χ3n) is 2.11. The van der Waals surface area contributed by atoms with Crippen LogP contribution in [0.4, 0.5) is 0 Å². The SMILES string of the molecule is C=CC(=O)CCC(=O)[Si](C)(OC)OC. The van der Waals surface area contributed by atoms with Gasteiger partial charge in [-0.15, -0.1) is 0 Å². The lowest BCUT2D eigenvalue weighted by atomic mass is 10.2. The number of ketones is 1. The van der Waals surface area contributed by atoms with E-state index in [1.807, 2.05) is 0 Å². The van der Waals surface area contributed by atoms with E-state index in [9.17, 15) is 9.59 Å². The second kappa shape index (κ2) is 5.84. The lowest BCUT2D eigenvalue weighted by molar-refractivity contribution is -0.119. The molecule has 0 aromatic heterocycles. The normalized spacial score (nSPS) is 11.1. The third-order valence-corrected chi connectivity index (χ3v) is 4.93. The van der Waals surface area contributed by atoms with Crippen LogP contribution in [0, 0.1) is 0 Å². The Labute approximate surface area is 85.1 Å². The summed E-state index contributed by atoms with van der Waals surface area (Å²) < 4.78 is 10.1. The van der Waals surface area contributed by atoms with Crippen molar-refractivity contribution in [3.8, 4) is 0 Å². The van der Waals surface area contributed by atoms with Crippen molar-refractivity contribution in [3.63, 3.8) is 0 Å². The standard InChI is InChI=1S/C9H16O4Si/c1-5-8(10)6-7-9(11)14(4,12-2)13-3/h5H,1,6-7H2,2-4H3. The van der Waals surface area contributed by atoms with Gasteiger partial charge < -0.3 is 8.85 Å². The molecule has 0 aromatic carbocycles. The second-order valence-electron chi connectivity index (χ2n) is 2.95. The number of rotatable bonds is 7. The van der Waals surface area contributed by atoms with Crippen LogP contribution >= 0.6 is 0 Å². The van der Waals surface area contributed by atoms with Gasteiger partial charge in [0.25, 0.3) is 0 Å². The van der Waals surface area contributed by atoms with E-state index in [1.54, 1.807) is 6.55 Å². The number of hydrogen-bond donors (Lipinski definition) is 0. The van der Waals surface area contributed by atoms with Crippen molar-refractivity contribution in [2.24, 2.45) is 0 Å². The smallest absolute Gasteiger partial charge is 0.393 e. The molecule has 0 N–H and O–H groups in total. The summed E-state index contributed by atoms with van der Waals surface area (Å²) in [5, 5.41) is -0.113. The van der Waals surface area contributed by atoms with E-state index in [0.29, 0.717) is 0 Å². The fourth-order valence-electron chi connectivity index (χ4n) is 0.877. The molecule has 0 atom stereocenters. The molecule has 80 valence electrons. The Hall–Kier alpha value is -0.783. The highest BCUT2D eigenvalue weighted by Crippen LogP contribution is 2.10. The first-order valence-electron chi connectivity index (χ1n) is 4.29. The van der Waals surface area contributed by atoms with Crippen molar-refractivity contribution in [1.82, 2.24) is 0 Å². The second-order valence-corrected chi connectivity index (χ2v) is 6.21. The van der Waals surface area contributed by atoms with Gasteiger partial charge in [-0.25, -0.2) is 0 Å². The third kappa shape index (κ3) is 3.53. The molecule has 0 saturated carbocycles. The van der Waals surface area contributed by atoms with Gasteiger partial charge >= 0.3 is 8.56 Å². The van der Waals surface area contributed by atoms with Gasteiger partial charge in [0.1, 0.15) is 0 Å². The Morgan fingerprint density at radius 2 is 1.79 bits per heavy atom. The monoisotopic (exact) mass is 216 g/mol. The quantitative estimate of drug-likeness (QED) is 0.470. The van der Waals surface area contributed by atoms with Crippen molar-refractivity contribution in [3.05, 3.63) is 12.7 Å². The predicted octanol–water partition coefficient (Wildman–Crippen LogP) is 0.995. The van der Waals surface area contributed by atoms with Crippen LogP contribution in [0.3, 0.4) is 0 Å². The summed E-state index contributed by atoms with van der Waals surface area (Å²) >= 11 is 0. The van der Waals surface area contributed by atoms with E-state index in [-0.39, 0.29) is 24.0 Å². The lowest BCUT2D eigenvalue weighted by Crippen LogP contribution is -2.46. The van der Waals surface area contributed by atoms with Crippen LogP contribution in [0.2, 0.25) is 6.55 Å². The average Bonchev–Trinajstić information content (AvgIpc) is 2.23. The first-order chi connectivity index (χ1) is 6.50. The van der Waals surface area contributed by atoms with Gasteiger partial charge in [0.2, 0.25) is 0 Å². The molecule has 14 heavy (non-hydrogen) atoms. The zero-order valence-electron chi connectivity index (χ0n) is 8.83. The highest BCUT2D eigenvalue weighted by Gasteiger charge is 2.38. The maximum atomic E-state index is 11.6. The Bertz CT molecular complexity index is 233.